The van der Waals surface area contributed by atoms with Gasteiger partial charge in [-0.15, -0.1) is 11.3 Å². The van der Waals surface area contributed by atoms with Crippen molar-refractivity contribution in [1.29, 1.82) is 0 Å². The summed E-state index contributed by atoms with van der Waals surface area (Å²) in [5.74, 6) is -0.230. The fourth-order valence-electron chi connectivity index (χ4n) is 2.96. The van der Waals surface area contributed by atoms with Crippen LogP contribution >= 0.6 is 22.9 Å². The van der Waals surface area contributed by atoms with Crippen LogP contribution in [0.3, 0.4) is 0 Å². The minimum Gasteiger partial charge on any atom is -0.462 e. The maximum Gasteiger partial charge on any atom is 0.328 e. The SMILES string of the molecule is CC(C)OC(=O)C(c1ccccc1Cl)N1CCc2sccc2C1. The van der Waals surface area contributed by atoms with E-state index < -0.39 is 6.04 Å². The van der Waals surface area contributed by atoms with Crippen molar-refractivity contribution in [3.8, 4) is 0 Å². The summed E-state index contributed by atoms with van der Waals surface area (Å²) >= 11 is 8.15. The highest BCUT2D eigenvalue weighted by molar-refractivity contribution is 7.10. The van der Waals surface area contributed by atoms with E-state index in [-0.39, 0.29) is 12.1 Å². The topological polar surface area (TPSA) is 29.5 Å². The fourth-order valence-corrected chi connectivity index (χ4v) is 4.09. The number of ether oxygens (including phenoxy) is 1. The lowest BCUT2D eigenvalue weighted by molar-refractivity contribution is -0.154. The highest BCUT2D eigenvalue weighted by atomic mass is 35.5. The molecule has 0 amide bonds. The lowest BCUT2D eigenvalue weighted by atomic mass is 10.0. The van der Waals surface area contributed by atoms with E-state index in [2.05, 4.69) is 16.3 Å². The van der Waals surface area contributed by atoms with E-state index in [1.54, 1.807) is 11.3 Å². The molecule has 3 rings (SSSR count). The average Bonchev–Trinajstić information content (AvgIpc) is 2.96. The second-order valence-corrected chi connectivity index (χ2v) is 7.41. The summed E-state index contributed by atoms with van der Waals surface area (Å²) in [5, 5.41) is 2.72. The van der Waals surface area contributed by atoms with Crippen molar-refractivity contribution in [2.45, 2.75) is 39.0 Å². The highest BCUT2D eigenvalue weighted by Crippen LogP contribution is 2.34. The Balaban J connectivity index is 1.93. The largest absolute Gasteiger partial charge is 0.462 e. The third-order valence-electron chi connectivity index (χ3n) is 3.98. The van der Waals surface area contributed by atoms with E-state index in [0.717, 1.165) is 25.1 Å². The smallest absolute Gasteiger partial charge is 0.328 e. The Bertz CT molecular complexity index is 698. The molecule has 3 nitrogen and oxygen atoms in total. The van der Waals surface area contributed by atoms with Crippen molar-refractivity contribution in [3.63, 3.8) is 0 Å². The van der Waals surface area contributed by atoms with Crippen LogP contribution in [-0.2, 0) is 22.5 Å². The van der Waals surface area contributed by atoms with Gasteiger partial charge in [-0.2, -0.15) is 0 Å². The summed E-state index contributed by atoms with van der Waals surface area (Å²) in [5.41, 5.74) is 2.12. The van der Waals surface area contributed by atoms with Crippen molar-refractivity contribution >= 4 is 28.9 Å². The molecule has 0 fully saturated rings. The van der Waals surface area contributed by atoms with Gasteiger partial charge in [0.25, 0.3) is 0 Å². The summed E-state index contributed by atoms with van der Waals surface area (Å²) < 4.78 is 5.51. The Kier molecular flexibility index (Phi) is 5.05. The second-order valence-electron chi connectivity index (χ2n) is 6.00. The second kappa shape index (κ2) is 7.04. The first kappa shape index (κ1) is 16.5. The van der Waals surface area contributed by atoms with Crippen LogP contribution in [0, 0.1) is 0 Å². The molecule has 1 aromatic carbocycles. The number of carbonyl (C=O) groups is 1. The molecule has 1 aliphatic heterocycles. The van der Waals surface area contributed by atoms with Gasteiger partial charge in [0.1, 0.15) is 6.04 Å². The van der Waals surface area contributed by atoms with Crippen LogP contribution in [0.1, 0.15) is 35.9 Å². The molecule has 1 unspecified atom stereocenters. The molecule has 23 heavy (non-hydrogen) atoms. The Morgan fingerprint density at radius 3 is 2.83 bits per heavy atom. The minimum atomic E-state index is -0.459. The van der Waals surface area contributed by atoms with Gasteiger partial charge in [0, 0.05) is 23.0 Å². The standard InChI is InChI=1S/C18H20ClNO2S/c1-12(2)22-18(21)17(14-5-3-4-6-15(14)19)20-9-7-16-13(11-20)8-10-23-16/h3-6,8,10,12,17H,7,9,11H2,1-2H3. The molecule has 0 bridgehead atoms. The van der Waals surface area contributed by atoms with E-state index in [1.165, 1.54) is 10.4 Å². The lowest BCUT2D eigenvalue weighted by Crippen LogP contribution is -2.39. The van der Waals surface area contributed by atoms with Crippen LogP contribution < -0.4 is 0 Å². The maximum absolute atomic E-state index is 12.7. The quantitative estimate of drug-likeness (QED) is 0.763. The summed E-state index contributed by atoms with van der Waals surface area (Å²) in [6, 6.07) is 9.22. The van der Waals surface area contributed by atoms with Gasteiger partial charge in [-0.3, -0.25) is 4.90 Å². The molecule has 0 N–H and O–H groups in total. The molecule has 122 valence electrons. The fraction of sp³-hybridized carbons (Fsp3) is 0.389. The molecular formula is C18H20ClNO2S. The molecular weight excluding hydrogens is 330 g/mol. The predicted octanol–water partition coefficient (Wildman–Crippen LogP) is 4.45. The Labute approximate surface area is 145 Å². The number of esters is 1. The number of nitrogens with zero attached hydrogens (tertiary/aromatic N) is 1. The van der Waals surface area contributed by atoms with Crippen molar-refractivity contribution in [2.24, 2.45) is 0 Å². The lowest BCUT2D eigenvalue weighted by Gasteiger charge is -2.34. The van der Waals surface area contributed by atoms with Gasteiger partial charge in [0.2, 0.25) is 0 Å². The summed E-state index contributed by atoms with van der Waals surface area (Å²) in [4.78, 5) is 16.3. The molecule has 0 spiro atoms. The van der Waals surface area contributed by atoms with E-state index in [4.69, 9.17) is 16.3 Å². The molecule has 0 saturated heterocycles. The molecule has 2 aromatic rings. The van der Waals surface area contributed by atoms with Gasteiger partial charge in [-0.25, -0.2) is 4.79 Å². The third-order valence-corrected chi connectivity index (χ3v) is 5.34. The van der Waals surface area contributed by atoms with Gasteiger partial charge in [-0.1, -0.05) is 29.8 Å². The Morgan fingerprint density at radius 1 is 1.30 bits per heavy atom. The zero-order valence-corrected chi connectivity index (χ0v) is 14.9. The normalized spacial score (nSPS) is 16.2. The third kappa shape index (κ3) is 3.60. The van der Waals surface area contributed by atoms with Gasteiger partial charge >= 0.3 is 5.97 Å². The monoisotopic (exact) mass is 349 g/mol. The average molecular weight is 350 g/mol. The molecule has 0 radical (unpaired) electrons. The number of halogens is 1. The van der Waals surface area contributed by atoms with Gasteiger partial charge in [0.05, 0.1) is 6.10 Å². The highest BCUT2D eigenvalue weighted by Gasteiger charge is 2.33. The molecule has 1 aromatic heterocycles. The van der Waals surface area contributed by atoms with E-state index in [0.29, 0.717) is 5.02 Å². The minimum absolute atomic E-state index is 0.144. The van der Waals surface area contributed by atoms with Crippen molar-refractivity contribution < 1.29 is 9.53 Å². The van der Waals surface area contributed by atoms with Crippen molar-refractivity contribution in [1.82, 2.24) is 4.90 Å². The Hall–Kier alpha value is -1.36. The molecule has 1 aliphatic rings. The summed E-state index contributed by atoms with van der Waals surface area (Å²) in [6.45, 7) is 5.32. The Morgan fingerprint density at radius 2 is 2.09 bits per heavy atom. The van der Waals surface area contributed by atoms with Gasteiger partial charge < -0.3 is 4.74 Å². The molecule has 5 heteroatoms. The zero-order chi connectivity index (χ0) is 16.4. The number of benzene rings is 1. The number of hydrogen-bond donors (Lipinski definition) is 0. The predicted molar refractivity (Wildman–Crippen MR) is 93.9 cm³/mol. The van der Waals surface area contributed by atoms with Crippen LogP contribution in [-0.4, -0.2) is 23.5 Å². The summed E-state index contributed by atoms with van der Waals surface area (Å²) in [7, 11) is 0. The van der Waals surface area contributed by atoms with Gasteiger partial charge in [-0.05, 0) is 48.9 Å². The number of fused-ring (bicyclic) bond motifs is 1. The van der Waals surface area contributed by atoms with Crippen LogP contribution in [0.4, 0.5) is 0 Å². The summed E-state index contributed by atoms with van der Waals surface area (Å²) in [6.07, 6.45) is 0.817. The number of thiophene rings is 1. The van der Waals surface area contributed by atoms with Crippen LogP contribution in [0.2, 0.25) is 5.02 Å². The first-order chi connectivity index (χ1) is 11.1. The first-order valence-electron chi connectivity index (χ1n) is 7.80. The molecule has 0 saturated carbocycles. The first-order valence-corrected chi connectivity index (χ1v) is 9.06. The van der Waals surface area contributed by atoms with E-state index in [9.17, 15) is 4.79 Å². The zero-order valence-electron chi connectivity index (χ0n) is 13.3. The maximum atomic E-state index is 12.7. The van der Waals surface area contributed by atoms with Crippen molar-refractivity contribution in [2.75, 3.05) is 6.54 Å². The molecule has 1 atom stereocenters. The van der Waals surface area contributed by atoms with Crippen LogP contribution in [0.25, 0.3) is 0 Å². The number of carbonyl (C=O) groups excluding carboxylic acids is 1. The van der Waals surface area contributed by atoms with E-state index >= 15 is 0 Å². The van der Waals surface area contributed by atoms with Crippen LogP contribution in [0.5, 0.6) is 0 Å². The number of rotatable bonds is 4. The molecule has 0 aliphatic carbocycles. The van der Waals surface area contributed by atoms with Gasteiger partial charge in [0.15, 0.2) is 0 Å². The van der Waals surface area contributed by atoms with Crippen LogP contribution in [0.15, 0.2) is 35.7 Å². The molecule has 2 heterocycles. The number of hydrogen-bond acceptors (Lipinski definition) is 4. The van der Waals surface area contributed by atoms with E-state index in [1.807, 2.05) is 38.1 Å². The van der Waals surface area contributed by atoms with Crippen molar-refractivity contribution in [3.05, 3.63) is 56.7 Å².